The molecule has 0 saturated heterocycles. The Labute approximate surface area is 115 Å². The van der Waals surface area contributed by atoms with E-state index in [4.69, 9.17) is 10.5 Å². The van der Waals surface area contributed by atoms with Crippen LogP contribution in [0.3, 0.4) is 0 Å². The van der Waals surface area contributed by atoms with E-state index in [2.05, 4.69) is 63.2 Å². The molecule has 2 aromatic rings. The summed E-state index contributed by atoms with van der Waals surface area (Å²) in [5.74, 6) is 0. The predicted molar refractivity (Wildman–Crippen MR) is 81.1 cm³/mol. The quantitative estimate of drug-likeness (QED) is 0.905. The molecule has 0 spiro atoms. The second kappa shape index (κ2) is 5.32. The van der Waals surface area contributed by atoms with Crippen molar-refractivity contribution in [3.63, 3.8) is 0 Å². The van der Waals surface area contributed by atoms with Crippen molar-refractivity contribution in [2.24, 2.45) is 11.1 Å². The normalized spacial score (nSPS) is 15.4. The molecular formula is C17H23NO. The first-order chi connectivity index (χ1) is 8.93. The molecule has 102 valence electrons. The number of hydrogen-bond acceptors (Lipinski definition) is 2. The maximum atomic E-state index is 6.40. The van der Waals surface area contributed by atoms with Crippen LogP contribution in [0.2, 0.25) is 0 Å². The van der Waals surface area contributed by atoms with Crippen molar-refractivity contribution in [1.82, 2.24) is 0 Å². The fourth-order valence-electron chi connectivity index (χ4n) is 2.63. The summed E-state index contributed by atoms with van der Waals surface area (Å²) in [5, 5.41) is 2.46. The molecule has 0 amide bonds. The zero-order valence-electron chi connectivity index (χ0n) is 12.2. The van der Waals surface area contributed by atoms with Gasteiger partial charge >= 0.3 is 0 Å². The van der Waals surface area contributed by atoms with Gasteiger partial charge in [-0.05, 0) is 27.8 Å². The monoisotopic (exact) mass is 257 g/mol. The van der Waals surface area contributed by atoms with E-state index in [9.17, 15) is 0 Å². The Bertz CT molecular complexity index is 556. The van der Waals surface area contributed by atoms with Gasteiger partial charge in [0.25, 0.3) is 0 Å². The van der Waals surface area contributed by atoms with Gasteiger partial charge in [-0.15, -0.1) is 0 Å². The largest absolute Gasteiger partial charge is 0.379 e. The van der Waals surface area contributed by atoms with Crippen LogP contribution in [0.1, 0.15) is 32.4 Å². The van der Waals surface area contributed by atoms with E-state index in [1.165, 1.54) is 10.8 Å². The van der Waals surface area contributed by atoms with Crippen molar-refractivity contribution in [3.05, 3.63) is 48.0 Å². The molecule has 2 rings (SSSR count). The number of fused-ring (bicyclic) bond motifs is 1. The summed E-state index contributed by atoms with van der Waals surface area (Å²) >= 11 is 0. The summed E-state index contributed by atoms with van der Waals surface area (Å²) in [4.78, 5) is 0. The zero-order chi connectivity index (χ0) is 14.0. The number of benzene rings is 2. The summed E-state index contributed by atoms with van der Waals surface area (Å²) in [6, 6.07) is 14.6. The van der Waals surface area contributed by atoms with Gasteiger partial charge in [-0.3, -0.25) is 0 Å². The molecule has 0 aliphatic rings. The smallest absolute Gasteiger partial charge is 0.0811 e. The van der Waals surface area contributed by atoms with Crippen molar-refractivity contribution in [1.29, 1.82) is 0 Å². The molecule has 0 saturated carbocycles. The lowest BCUT2D eigenvalue weighted by atomic mass is 9.82. The summed E-state index contributed by atoms with van der Waals surface area (Å²) in [6.45, 7) is 6.46. The first-order valence-corrected chi connectivity index (χ1v) is 6.70. The minimum Gasteiger partial charge on any atom is -0.379 e. The molecular weight excluding hydrogens is 234 g/mol. The second-order valence-corrected chi connectivity index (χ2v) is 6.15. The van der Waals surface area contributed by atoms with Crippen molar-refractivity contribution in [2.45, 2.75) is 32.9 Å². The zero-order valence-corrected chi connectivity index (χ0v) is 12.2. The van der Waals surface area contributed by atoms with Crippen molar-refractivity contribution >= 4 is 10.8 Å². The first kappa shape index (κ1) is 14.0. The van der Waals surface area contributed by atoms with Gasteiger partial charge in [-0.2, -0.15) is 0 Å². The molecule has 2 unspecified atom stereocenters. The molecule has 2 atom stereocenters. The number of methoxy groups -OCH3 is 1. The van der Waals surface area contributed by atoms with Gasteiger partial charge in [0, 0.05) is 7.11 Å². The van der Waals surface area contributed by atoms with Gasteiger partial charge in [0.1, 0.15) is 0 Å². The topological polar surface area (TPSA) is 35.2 Å². The molecule has 0 aliphatic heterocycles. The fourth-order valence-corrected chi connectivity index (χ4v) is 2.63. The van der Waals surface area contributed by atoms with Crippen LogP contribution in [-0.4, -0.2) is 13.2 Å². The number of ether oxygens (including phenoxy) is 1. The van der Waals surface area contributed by atoms with Crippen LogP contribution in [0.25, 0.3) is 10.8 Å². The van der Waals surface area contributed by atoms with Crippen LogP contribution in [0.4, 0.5) is 0 Å². The van der Waals surface area contributed by atoms with E-state index >= 15 is 0 Å². The lowest BCUT2D eigenvalue weighted by Crippen LogP contribution is -2.38. The highest BCUT2D eigenvalue weighted by atomic mass is 16.5. The molecule has 0 bridgehead atoms. The van der Waals surface area contributed by atoms with E-state index in [-0.39, 0.29) is 17.6 Å². The van der Waals surface area contributed by atoms with Crippen LogP contribution in [0.5, 0.6) is 0 Å². The highest BCUT2D eigenvalue weighted by molar-refractivity contribution is 5.83. The van der Waals surface area contributed by atoms with E-state index < -0.39 is 0 Å². The molecule has 2 N–H and O–H groups in total. The number of rotatable bonds is 3. The maximum absolute atomic E-state index is 6.40. The van der Waals surface area contributed by atoms with Crippen molar-refractivity contribution in [2.75, 3.05) is 7.11 Å². The molecule has 2 aromatic carbocycles. The predicted octanol–water partition coefficient (Wildman–Crippen LogP) is 3.90. The van der Waals surface area contributed by atoms with Gasteiger partial charge in [0.05, 0.1) is 12.1 Å². The second-order valence-electron chi connectivity index (χ2n) is 6.15. The van der Waals surface area contributed by atoms with Crippen LogP contribution in [0.15, 0.2) is 42.5 Å². The molecule has 0 aliphatic carbocycles. The molecule has 19 heavy (non-hydrogen) atoms. The van der Waals surface area contributed by atoms with Crippen LogP contribution in [-0.2, 0) is 4.74 Å². The van der Waals surface area contributed by atoms with E-state index in [1.54, 1.807) is 7.11 Å². The van der Waals surface area contributed by atoms with Crippen LogP contribution in [0, 0.1) is 5.41 Å². The Hall–Kier alpha value is -1.38. The number of nitrogens with two attached hydrogens (primary N) is 1. The van der Waals surface area contributed by atoms with Gasteiger partial charge in [0.2, 0.25) is 0 Å². The third-order valence-corrected chi connectivity index (χ3v) is 3.59. The SMILES string of the molecule is COC(C(N)c1ccc2ccccc2c1)C(C)(C)C. The number of hydrogen-bond donors (Lipinski definition) is 1. The Morgan fingerprint density at radius 3 is 2.21 bits per heavy atom. The molecule has 2 heteroatoms. The molecule has 2 nitrogen and oxygen atoms in total. The lowest BCUT2D eigenvalue weighted by Gasteiger charge is -2.34. The lowest BCUT2D eigenvalue weighted by molar-refractivity contribution is -0.00240. The Morgan fingerprint density at radius 1 is 1.00 bits per heavy atom. The van der Waals surface area contributed by atoms with E-state index in [1.807, 2.05) is 0 Å². The maximum Gasteiger partial charge on any atom is 0.0811 e. The van der Waals surface area contributed by atoms with Crippen LogP contribution < -0.4 is 5.73 Å². The van der Waals surface area contributed by atoms with E-state index in [0.717, 1.165) is 5.56 Å². The van der Waals surface area contributed by atoms with E-state index in [0.29, 0.717) is 0 Å². The molecule has 0 aromatic heterocycles. The van der Waals surface area contributed by atoms with Gasteiger partial charge in [-0.25, -0.2) is 0 Å². The average Bonchev–Trinajstić information content (AvgIpc) is 2.37. The van der Waals surface area contributed by atoms with Crippen LogP contribution >= 0.6 is 0 Å². The average molecular weight is 257 g/mol. The highest BCUT2D eigenvalue weighted by Crippen LogP contribution is 2.32. The fraction of sp³-hybridized carbons (Fsp3) is 0.412. The molecule has 0 radical (unpaired) electrons. The van der Waals surface area contributed by atoms with Gasteiger partial charge in [0.15, 0.2) is 0 Å². The van der Waals surface area contributed by atoms with Gasteiger partial charge < -0.3 is 10.5 Å². The Morgan fingerprint density at radius 2 is 1.63 bits per heavy atom. The Balaban J connectivity index is 2.38. The molecule has 0 heterocycles. The molecule has 0 fully saturated rings. The summed E-state index contributed by atoms with van der Waals surface area (Å²) < 4.78 is 5.62. The van der Waals surface area contributed by atoms with Gasteiger partial charge in [-0.1, -0.05) is 57.2 Å². The summed E-state index contributed by atoms with van der Waals surface area (Å²) in [7, 11) is 1.73. The standard InChI is InChI=1S/C17H23NO/c1-17(2,3)16(19-4)15(18)14-10-9-12-7-5-6-8-13(12)11-14/h5-11,15-16H,18H2,1-4H3. The third-order valence-electron chi connectivity index (χ3n) is 3.59. The summed E-state index contributed by atoms with van der Waals surface area (Å²) in [6.07, 6.45) is -0.00587. The highest BCUT2D eigenvalue weighted by Gasteiger charge is 2.31. The minimum absolute atomic E-state index is 0.00587. The van der Waals surface area contributed by atoms with Crippen molar-refractivity contribution in [3.8, 4) is 0 Å². The first-order valence-electron chi connectivity index (χ1n) is 6.70. The minimum atomic E-state index is -0.116. The summed E-state index contributed by atoms with van der Waals surface area (Å²) in [5.41, 5.74) is 7.54. The third kappa shape index (κ3) is 2.96. The Kier molecular flexibility index (Phi) is 3.93. The van der Waals surface area contributed by atoms with Crippen molar-refractivity contribution < 1.29 is 4.74 Å².